The second kappa shape index (κ2) is 10.2. The predicted molar refractivity (Wildman–Crippen MR) is 86.5 cm³/mol. The molecule has 0 fully saturated rings. The molecule has 0 bridgehead atoms. The van der Waals surface area contributed by atoms with Crippen molar-refractivity contribution in [2.75, 3.05) is 0 Å². The molecule has 2 rings (SSSR count). The number of carbonyl (C=O) groups is 2. The number of unbranched alkanes of at least 4 members (excludes halogenated alkanes) is 1. The number of ether oxygens (including phenoxy) is 2. The molecular weight excluding hydrogens is 346 g/mol. The number of nitrogens with zero attached hydrogens (tertiary/aromatic N) is 2. The van der Waals surface area contributed by atoms with Crippen LogP contribution in [0.15, 0.2) is 36.9 Å². The summed E-state index contributed by atoms with van der Waals surface area (Å²) in [4.78, 5) is 30.5. The van der Waals surface area contributed by atoms with Crippen LogP contribution in [0.5, 0.6) is 0 Å². The number of hydrogen-bond donors (Lipinski definition) is 0. The summed E-state index contributed by atoms with van der Waals surface area (Å²) in [5.74, 6) is -1.86. The summed E-state index contributed by atoms with van der Waals surface area (Å²) < 4.78 is 35.9. The number of carbonyl (C=O) groups excluding carboxylic acids is 2. The molecule has 138 valence electrons. The number of aromatic nitrogens is 2. The van der Waals surface area contributed by atoms with Crippen LogP contribution < -0.4 is 0 Å². The van der Waals surface area contributed by atoms with Crippen LogP contribution in [-0.4, -0.2) is 21.9 Å². The van der Waals surface area contributed by atoms with Crippen molar-refractivity contribution < 1.29 is 27.8 Å². The van der Waals surface area contributed by atoms with Gasteiger partial charge in [-0.05, 0) is 25.0 Å². The predicted octanol–water partition coefficient (Wildman–Crippen LogP) is 3.10. The minimum absolute atomic E-state index is 0.0483. The molecule has 26 heavy (non-hydrogen) atoms. The molecule has 0 N–H and O–H groups in total. The average Bonchev–Trinajstić information content (AvgIpc) is 2.62. The molecular formula is C18H18F2N2O4. The van der Waals surface area contributed by atoms with E-state index in [0.717, 1.165) is 12.4 Å². The van der Waals surface area contributed by atoms with Gasteiger partial charge in [-0.1, -0.05) is 0 Å². The van der Waals surface area contributed by atoms with Crippen LogP contribution in [0.2, 0.25) is 0 Å². The van der Waals surface area contributed by atoms with Crippen molar-refractivity contribution in [1.82, 2.24) is 9.97 Å². The molecule has 2 aromatic heterocycles. The summed E-state index contributed by atoms with van der Waals surface area (Å²) in [5.41, 5.74) is 0.933. The zero-order chi connectivity index (χ0) is 18.8. The van der Waals surface area contributed by atoms with Gasteiger partial charge in [-0.25, -0.2) is 8.78 Å². The quantitative estimate of drug-likeness (QED) is 0.503. The molecule has 2 heterocycles. The van der Waals surface area contributed by atoms with Gasteiger partial charge in [0.25, 0.3) is 0 Å². The summed E-state index contributed by atoms with van der Waals surface area (Å²) in [6.45, 7) is -0.0966. The maximum Gasteiger partial charge on any atom is 0.306 e. The highest BCUT2D eigenvalue weighted by atomic mass is 19.1. The van der Waals surface area contributed by atoms with Gasteiger partial charge < -0.3 is 9.47 Å². The second-order valence-corrected chi connectivity index (χ2v) is 5.55. The molecule has 0 atom stereocenters. The fraction of sp³-hybridized carbons (Fsp3) is 0.333. The first-order valence-electron chi connectivity index (χ1n) is 8.03. The van der Waals surface area contributed by atoms with Crippen LogP contribution in [-0.2, 0) is 32.3 Å². The minimum atomic E-state index is -0.494. The summed E-state index contributed by atoms with van der Waals surface area (Å²) >= 11 is 0. The Morgan fingerprint density at radius 1 is 0.769 bits per heavy atom. The van der Waals surface area contributed by atoms with E-state index in [9.17, 15) is 18.4 Å². The number of halogens is 2. The lowest BCUT2D eigenvalue weighted by Crippen LogP contribution is -2.07. The van der Waals surface area contributed by atoms with Crippen LogP contribution in [0.4, 0.5) is 8.78 Å². The van der Waals surface area contributed by atoms with Crippen molar-refractivity contribution in [2.45, 2.75) is 38.9 Å². The SMILES string of the molecule is O=C(CCCCC(=O)OCc1cncc(F)c1)OCc1cncc(F)c1. The maximum absolute atomic E-state index is 12.9. The van der Waals surface area contributed by atoms with Crippen molar-refractivity contribution >= 4 is 11.9 Å². The van der Waals surface area contributed by atoms with Gasteiger partial charge >= 0.3 is 11.9 Å². The second-order valence-electron chi connectivity index (χ2n) is 5.55. The third kappa shape index (κ3) is 7.33. The highest BCUT2D eigenvalue weighted by Gasteiger charge is 2.08. The summed E-state index contributed by atoms with van der Waals surface area (Å²) in [6, 6.07) is 2.48. The largest absolute Gasteiger partial charge is 0.461 e. The van der Waals surface area contributed by atoms with E-state index in [-0.39, 0.29) is 26.1 Å². The molecule has 0 aromatic carbocycles. The van der Waals surface area contributed by atoms with Gasteiger partial charge in [-0.3, -0.25) is 19.6 Å². The fourth-order valence-corrected chi connectivity index (χ4v) is 2.08. The van der Waals surface area contributed by atoms with E-state index in [1.165, 1.54) is 24.5 Å². The van der Waals surface area contributed by atoms with Crippen LogP contribution in [0.3, 0.4) is 0 Å². The molecule has 0 radical (unpaired) electrons. The third-order valence-corrected chi connectivity index (χ3v) is 3.33. The first-order valence-corrected chi connectivity index (χ1v) is 8.03. The molecule has 0 saturated heterocycles. The van der Waals surface area contributed by atoms with E-state index >= 15 is 0 Å². The van der Waals surface area contributed by atoms with E-state index in [0.29, 0.717) is 24.0 Å². The highest BCUT2D eigenvalue weighted by Crippen LogP contribution is 2.08. The number of hydrogen-bond acceptors (Lipinski definition) is 6. The molecule has 2 aromatic rings. The van der Waals surface area contributed by atoms with E-state index in [1.807, 2.05) is 0 Å². The Morgan fingerprint density at radius 3 is 1.58 bits per heavy atom. The van der Waals surface area contributed by atoms with Gasteiger partial charge in [0.1, 0.15) is 24.8 Å². The lowest BCUT2D eigenvalue weighted by atomic mass is 10.2. The summed E-state index contributed by atoms with van der Waals surface area (Å²) in [6.07, 6.45) is 6.16. The smallest absolute Gasteiger partial charge is 0.306 e. The molecule has 0 aliphatic rings. The summed E-state index contributed by atoms with van der Waals surface area (Å²) in [7, 11) is 0. The van der Waals surface area contributed by atoms with Crippen LogP contribution in [0.1, 0.15) is 36.8 Å². The average molecular weight is 364 g/mol. The van der Waals surface area contributed by atoms with Gasteiger partial charge in [0.2, 0.25) is 0 Å². The Labute approximate surface area is 149 Å². The Balaban J connectivity index is 1.56. The molecule has 8 heteroatoms. The summed E-state index contributed by atoms with van der Waals surface area (Å²) in [5, 5.41) is 0. The Morgan fingerprint density at radius 2 is 1.19 bits per heavy atom. The molecule has 0 unspecified atom stereocenters. The Bertz CT molecular complexity index is 692. The van der Waals surface area contributed by atoms with Gasteiger partial charge in [-0.2, -0.15) is 0 Å². The number of pyridine rings is 2. The Hall–Kier alpha value is -2.90. The van der Waals surface area contributed by atoms with E-state index < -0.39 is 23.6 Å². The number of esters is 2. The van der Waals surface area contributed by atoms with Crippen LogP contribution in [0.25, 0.3) is 0 Å². The normalized spacial score (nSPS) is 10.4. The third-order valence-electron chi connectivity index (χ3n) is 3.33. The van der Waals surface area contributed by atoms with Crippen molar-refractivity contribution in [1.29, 1.82) is 0 Å². The number of rotatable bonds is 9. The fourth-order valence-electron chi connectivity index (χ4n) is 2.08. The van der Waals surface area contributed by atoms with Crippen molar-refractivity contribution in [3.05, 3.63) is 59.7 Å². The monoisotopic (exact) mass is 364 g/mol. The zero-order valence-corrected chi connectivity index (χ0v) is 14.0. The first kappa shape index (κ1) is 19.4. The van der Waals surface area contributed by atoms with Crippen LogP contribution >= 0.6 is 0 Å². The molecule has 0 aliphatic carbocycles. The lowest BCUT2D eigenvalue weighted by Gasteiger charge is -2.06. The van der Waals surface area contributed by atoms with Gasteiger partial charge in [0.15, 0.2) is 0 Å². The first-order chi connectivity index (χ1) is 12.5. The maximum atomic E-state index is 12.9. The molecule has 0 amide bonds. The zero-order valence-electron chi connectivity index (χ0n) is 14.0. The molecule has 0 aliphatic heterocycles. The van der Waals surface area contributed by atoms with Crippen LogP contribution in [0, 0.1) is 11.6 Å². The van der Waals surface area contributed by atoms with Crippen molar-refractivity contribution in [2.24, 2.45) is 0 Å². The standard InChI is InChI=1S/C18H18F2N2O4/c19-15-5-13(7-21-9-15)11-25-17(23)3-1-2-4-18(24)26-12-14-6-16(20)10-22-8-14/h5-10H,1-4,11-12H2. The molecule has 6 nitrogen and oxygen atoms in total. The van der Waals surface area contributed by atoms with Gasteiger partial charge in [0.05, 0.1) is 12.4 Å². The van der Waals surface area contributed by atoms with E-state index in [2.05, 4.69) is 9.97 Å². The van der Waals surface area contributed by atoms with E-state index in [4.69, 9.17) is 9.47 Å². The van der Waals surface area contributed by atoms with E-state index in [1.54, 1.807) is 0 Å². The van der Waals surface area contributed by atoms with Gasteiger partial charge in [-0.15, -0.1) is 0 Å². The minimum Gasteiger partial charge on any atom is -0.461 e. The van der Waals surface area contributed by atoms with Gasteiger partial charge in [0, 0.05) is 36.4 Å². The lowest BCUT2D eigenvalue weighted by molar-refractivity contribution is -0.147. The highest BCUT2D eigenvalue weighted by molar-refractivity contribution is 5.70. The topological polar surface area (TPSA) is 78.4 Å². The Kier molecular flexibility index (Phi) is 7.60. The van der Waals surface area contributed by atoms with Crippen molar-refractivity contribution in [3.8, 4) is 0 Å². The molecule has 0 spiro atoms. The van der Waals surface area contributed by atoms with Crippen molar-refractivity contribution in [3.63, 3.8) is 0 Å². The molecule has 0 saturated carbocycles.